The lowest BCUT2D eigenvalue weighted by atomic mass is 9.95. The van der Waals surface area contributed by atoms with Gasteiger partial charge in [0, 0.05) is 62.9 Å². The third-order valence-corrected chi connectivity index (χ3v) is 11.6. The SMILES string of the molecule is Cc1cc(O[C@@H]2CN(C(=O)c3ccc(N4CCC(CN5Cc6cc7c(cc6C5)C(=O)N(C5CCC(=O)NC5=O)C7=O)CC4)cc3)C[C@H]2C)ccc1C#N. The average molecular weight is 715 g/mol. The summed E-state index contributed by atoms with van der Waals surface area (Å²) in [5.74, 6) is -0.514. The van der Waals surface area contributed by atoms with Crippen molar-refractivity contribution >= 4 is 35.2 Å². The molecular weight excluding hydrogens is 672 g/mol. The highest BCUT2D eigenvalue weighted by Gasteiger charge is 2.45. The number of ether oxygens (including phenoxy) is 1. The average Bonchev–Trinajstić information content (AvgIpc) is 3.79. The summed E-state index contributed by atoms with van der Waals surface area (Å²) in [5, 5.41) is 11.5. The van der Waals surface area contributed by atoms with Gasteiger partial charge in [0.2, 0.25) is 11.8 Å². The maximum atomic E-state index is 13.5. The number of piperidine rings is 2. The summed E-state index contributed by atoms with van der Waals surface area (Å²) in [4.78, 5) is 71.7. The third kappa shape index (κ3) is 6.54. The highest BCUT2D eigenvalue weighted by molar-refractivity contribution is 6.23. The maximum Gasteiger partial charge on any atom is 0.262 e. The number of nitriles is 1. The number of anilines is 1. The number of fused-ring (bicyclic) bond motifs is 2. The lowest BCUT2D eigenvalue weighted by Crippen LogP contribution is -2.54. The first-order valence-corrected chi connectivity index (χ1v) is 18.5. The number of amides is 5. The normalized spacial score (nSPS) is 23.3. The zero-order valence-corrected chi connectivity index (χ0v) is 30.0. The number of likely N-dealkylation sites (tertiary alicyclic amines) is 1. The second-order valence-corrected chi connectivity index (χ2v) is 15.2. The lowest BCUT2D eigenvalue weighted by Gasteiger charge is -2.35. The second kappa shape index (κ2) is 13.8. The minimum atomic E-state index is -0.961. The fourth-order valence-electron chi connectivity index (χ4n) is 8.57. The van der Waals surface area contributed by atoms with Gasteiger partial charge < -0.3 is 14.5 Å². The number of nitrogens with zero attached hydrogens (tertiary/aromatic N) is 5. The predicted octanol–water partition coefficient (Wildman–Crippen LogP) is 4.04. The summed E-state index contributed by atoms with van der Waals surface area (Å²) in [6.07, 6.45) is 2.20. The fourth-order valence-corrected chi connectivity index (χ4v) is 8.57. The van der Waals surface area contributed by atoms with Crippen molar-refractivity contribution in [2.24, 2.45) is 11.8 Å². The molecule has 8 rings (SSSR count). The van der Waals surface area contributed by atoms with Gasteiger partial charge in [-0.2, -0.15) is 5.26 Å². The predicted molar refractivity (Wildman–Crippen MR) is 194 cm³/mol. The van der Waals surface area contributed by atoms with E-state index in [2.05, 4.69) is 28.1 Å². The van der Waals surface area contributed by atoms with Crippen LogP contribution in [-0.4, -0.2) is 89.1 Å². The minimum absolute atomic E-state index is 0.00132. The lowest BCUT2D eigenvalue weighted by molar-refractivity contribution is -0.136. The summed E-state index contributed by atoms with van der Waals surface area (Å²) >= 11 is 0. The largest absolute Gasteiger partial charge is 0.488 e. The topological polar surface area (TPSA) is 143 Å². The van der Waals surface area contributed by atoms with Crippen LogP contribution in [0.4, 0.5) is 5.69 Å². The maximum absolute atomic E-state index is 13.5. The Morgan fingerprint density at radius 2 is 1.58 bits per heavy atom. The number of imide groups is 2. The Bertz CT molecular complexity index is 2020. The fraction of sp³-hybridized carbons (Fsp3) is 0.415. The first-order chi connectivity index (χ1) is 25.6. The van der Waals surface area contributed by atoms with E-state index >= 15 is 0 Å². The van der Waals surface area contributed by atoms with E-state index in [0.29, 0.717) is 60.1 Å². The van der Waals surface area contributed by atoms with E-state index in [1.165, 1.54) is 0 Å². The summed E-state index contributed by atoms with van der Waals surface area (Å²) in [7, 11) is 0. The zero-order valence-electron chi connectivity index (χ0n) is 30.0. The molecule has 0 aromatic heterocycles. The molecule has 0 aliphatic carbocycles. The van der Waals surface area contributed by atoms with Gasteiger partial charge >= 0.3 is 0 Å². The van der Waals surface area contributed by atoms with E-state index in [1.807, 2.05) is 60.4 Å². The van der Waals surface area contributed by atoms with E-state index < -0.39 is 23.8 Å². The molecular formula is C41H42N6O6. The van der Waals surface area contributed by atoms with Crippen molar-refractivity contribution in [1.82, 2.24) is 20.0 Å². The molecule has 3 atom stereocenters. The molecule has 1 unspecified atom stereocenters. The Kier molecular flexibility index (Phi) is 8.98. The van der Waals surface area contributed by atoms with Gasteiger partial charge in [-0.15, -0.1) is 0 Å². The Labute approximate surface area is 308 Å². The van der Waals surface area contributed by atoms with E-state index in [-0.39, 0.29) is 36.7 Å². The molecule has 3 saturated heterocycles. The molecule has 3 aromatic carbocycles. The van der Waals surface area contributed by atoms with Crippen LogP contribution < -0.4 is 15.0 Å². The van der Waals surface area contributed by atoms with Crippen molar-refractivity contribution < 1.29 is 28.7 Å². The summed E-state index contributed by atoms with van der Waals surface area (Å²) in [6.45, 7) is 9.30. The van der Waals surface area contributed by atoms with Crippen molar-refractivity contribution in [3.8, 4) is 11.8 Å². The number of benzene rings is 3. The molecule has 3 aromatic rings. The van der Waals surface area contributed by atoms with Gasteiger partial charge in [0.1, 0.15) is 17.9 Å². The highest BCUT2D eigenvalue weighted by Crippen LogP contribution is 2.35. The molecule has 5 aliphatic heterocycles. The number of hydrogen-bond donors (Lipinski definition) is 1. The highest BCUT2D eigenvalue weighted by atomic mass is 16.5. The molecule has 12 heteroatoms. The molecule has 0 bridgehead atoms. The summed E-state index contributed by atoms with van der Waals surface area (Å²) < 4.78 is 6.24. The molecule has 3 fully saturated rings. The van der Waals surface area contributed by atoms with Crippen molar-refractivity contribution in [3.05, 3.63) is 93.5 Å². The van der Waals surface area contributed by atoms with E-state index in [1.54, 1.807) is 6.07 Å². The summed E-state index contributed by atoms with van der Waals surface area (Å²) in [5.41, 5.74) is 6.02. The van der Waals surface area contributed by atoms with Crippen LogP contribution in [0.25, 0.3) is 0 Å². The monoisotopic (exact) mass is 714 g/mol. The van der Waals surface area contributed by atoms with Crippen molar-refractivity contribution in [1.29, 1.82) is 5.26 Å². The van der Waals surface area contributed by atoms with Crippen molar-refractivity contribution in [3.63, 3.8) is 0 Å². The van der Waals surface area contributed by atoms with Crippen LogP contribution in [0.15, 0.2) is 54.6 Å². The molecule has 5 aliphatic rings. The van der Waals surface area contributed by atoms with Gasteiger partial charge in [-0.25, -0.2) is 0 Å². The van der Waals surface area contributed by atoms with Gasteiger partial charge in [-0.1, -0.05) is 6.92 Å². The van der Waals surface area contributed by atoms with Crippen LogP contribution in [0, 0.1) is 30.1 Å². The van der Waals surface area contributed by atoms with Gasteiger partial charge in [0.25, 0.3) is 17.7 Å². The van der Waals surface area contributed by atoms with Crippen LogP contribution in [0.5, 0.6) is 5.75 Å². The van der Waals surface area contributed by atoms with Crippen LogP contribution in [0.1, 0.15) is 85.9 Å². The Hall–Kier alpha value is -5.54. The molecule has 0 radical (unpaired) electrons. The van der Waals surface area contributed by atoms with Crippen LogP contribution in [-0.2, 0) is 22.7 Å². The first-order valence-electron chi connectivity index (χ1n) is 18.5. The van der Waals surface area contributed by atoms with E-state index in [9.17, 15) is 29.2 Å². The molecule has 272 valence electrons. The van der Waals surface area contributed by atoms with Crippen LogP contribution in [0.3, 0.4) is 0 Å². The number of aryl methyl sites for hydroxylation is 1. The van der Waals surface area contributed by atoms with Gasteiger partial charge in [-0.05, 0) is 103 Å². The minimum Gasteiger partial charge on any atom is -0.488 e. The Morgan fingerprint density at radius 3 is 2.21 bits per heavy atom. The number of carbonyl (C=O) groups excluding carboxylic acids is 5. The molecule has 0 spiro atoms. The van der Waals surface area contributed by atoms with E-state index in [4.69, 9.17) is 4.74 Å². The number of carbonyl (C=O) groups is 5. The standard InChI is InChI=1S/C41H42N6O6/c1-24-15-32(8-5-28(24)18-42)53-36-23-46(19-25(36)2)39(50)27-3-6-31(7-4-27)45-13-11-26(12-14-45)20-44-21-29-16-33-34(17-30(29)22-44)41(52)47(40(33)51)35-9-10-37(48)43-38(35)49/h3-8,15-17,25-26,35-36H,9-14,19-23H2,1-2H3,(H,43,48,49)/t25-,35?,36-/m1/s1. The van der Waals surface area contributed by atoms with E-state index in [0.717, 1.165) is 59.8 Å². The smallest absolute Gasteiger partial charge is 0.262 e. The second-order valence-electron chi connectivity index (χ2n) is 15.2. The Morgan fingerprint density at radius 1 is 0.906 bits per heavy atom. The zero-order chi connectivity index (χ0) is 37.0. The third-order valence-electron chi connectivity index (χ3n) is 11.6. The number of rotatable bonds is 7. The molecule has 5 amide bonds. The molecule has 53 heavy (non-hydrogen) atoms. The van der Waals surface area contributed by atoms with Gasteiger partial charge in [0.05, 0.1) is 29.3 Å². The van der Waals surface area contributed by atoms with Crippen LogP contribution in [0.2, 0.25) is 0 Å². The number of nitrogens with one attached hydrogen (secondary N) is 1. The van der Waals surface area contributed by atoms with Gasteiger partial charge in [-0.3, -0.25) is 39.1 Å². The first kappa shape index (κ1) is 34.5. The quantitative estimate of drug-likeness (QED) is 0.359. The molecule has 1 N–H and O–H groups in total. The molecule has 12 nitrogen and oxygen atoms in total. The molecule has 0 saturated carbocycles. The Balaban J connectivity index is 0.819. The van der Waals surface area contributed by atoms with Crippen molar-refractivity contribution in [2.75, 3.05) is 37.6 Å². The number of hydrogen-bond acceptors (Lipinski definition) is 9. The van der Waals surface area contributed by atoms with Gasteiger partial charge in [0.15, 0.2) is 0 Å². The van der Waals surface area contributed by atoms with Crippen molar-refractivity contribution in [2.45, 2.75) is 64.8 Å². The molecule has 5 heterocycles. The van der Waals surface area contributed by atoms with Crippen LogP contribution >= 0.6 is 0 Å². The summed E-state index contributed by atoms with van der Waals surface area (Å²) in [6, 6.07) is 18.3.